The van der Waals surface area contributed by atoms with Gasteiger partial charge in [0.05, 0.1) is 0 Å². The molecule has 0 atom stereocenters. The Morgan fingerprint density at radius 1 is 1.09 bits per heavy atom. The molecule has 56 valence electrons. The van der Waals surface area contributed by atoms with Crippen LogP contribution in [0.1, 0.15) is 0 Å². The number of H-pyrrole nitrogens is 3. The van der Waals surface area contributed by atoms with Gasteiger partial charge in [0.2, 0.25) is 0 Å². The summed E-state index contributed by atoms with van der Waals surface area (Å²) in [4.78, 5) is 25.8. The lowest BCUT2D eigenvalue weighted by Gasteiger charge is -1.81. The molecule has 3 N–H and O–H groups in total. The number of nitrogens with one attached hydrogen (secondary N) is 3. The van der Waals surface area contributed by atoms with Crippen LogP contribution in [0.25, 0.3) is 11.2 Å². The molecule has 2 rings (SSSR count). The van der Waals surface area contributed by atoms with Crippen molar-refractivity contribution in [3.8, 4) is 0 Å². The summed E-state index contributed by atoms with van der Waals surface area (Å²) >= 11 is 0. The second-order valence-corrected chi connectivity index (χ2v) is 1.93. The number of rotatable bonds is 0. The van der Waals surface area contributed by atoms with Crippen LogP contribution in [0.15, 0.2) is 9.59 Å². The Morgan fingerprint density at radius 2 is 1.91 bits per heavy atom. The van der Waals surface area contributed by atoms with Crippen molar-refractivity contribution in [2.45, 2.75) is 0 Å². The van der Waals surface area contributed by atoms with Crippen molar-refractivity contribution in [2.75, 3.05) is 0 Å². The molecule has 0 aliphatic heterocycles. The van der Waals surface area contributed by atoms with Crippen LogP contribution >= 0.6 is 0 Å². The van der Waals surface area contributed by atoms with Crippen LogP contribution in [-0.4, -0.2) is 25.4 Å². The average molecular weight is 153 g/mol. The maximum atomic E-state index is 10.9. The van der Waals surface area contributed by atoms with Gasteiger partial charge in [-0.25, -0.2) is 4.79 Å². The van der Waals surface area contributed by atoms with Crippen molar-refractivity contribution < 1.29 is 0 Å². The highest BCUT2D eigenvalue weighted by molar-refractivity contribution is 5.66. The second-order valence-electron chi connectivity index (χ2n) is 1.93. The highest BCUT2D eigenvalue weighted by atomic mass is 16.2. The van der Waals surface area contributed by atoms with Crippen LogP contribution < -0.4 is 11.2 Å². The van der Waals surface area contributed by atoms with Gasteiger partial charge in [-0.3, -0.25) is 14.8 Å². The van der Waals surface area contributed by atoms with Crippen LogP contribution in [-0.2, 0) is 0 Å². The van der Waals surface area contributed by atoms with E-state index in [9.17, 15) is 9.59 Å². The van der Waals surface area contributed by atoms with Crippen LogP contribution in [0, 0.1) is 0 Å². The fourth-order valence-corrected chi connectivity index (χ4v) is 0.777. The molecule has 0 radical (unpaired) electrons. The van der Waals surface area contributed by atoms with Crippen molar-refractivity contribution in [3.63, 3.8) is 0 Å². The Balaban J connectivity index is 3.15. The van der Waals surface area contributed by atoms with Gasteiger partial charge in [0.25, 0.3) is 5.56 Å². The molecule has 0 aliphatic rings. The minimum absolute atomic E-state index is 0.101. The molecule has 0 saturated carbocycles. The molecular weight excluding hydrogens is 150 g/mol. The molecule has 0 saturated heterocycles. The van der Waals surface area contributed by atoms with E-state index in [0.717, 1.165) is 0 Å². The first-order valence-electron chi connectivity index (χ1n) is 2.80. The summed E-state index contributed by atoms with van der Waals surface area (Å²) in [6.07, 6.45) is 0. The Hall–Kier alpha value is -1.92. The van der Waals surface area contributed by atoms with E-state index in [0.29, 0.717) is 0 Å². The normalized spacial score (nSPS) is 10.5. The van der Waals surface area contributed by atoms with E-state index in [4.69, 9.17) is 0 Å². The topological polar surface area (TPSA) is 107 Å². The van der Waals surface area contributed by atoms with Crippen molar-refractivity contribution in [1.82, 2.24) is 25.4 Å². The molecule has 2 aromatic rings. The summed E-state index contributed by atoms with van der Waals surface area (Å²) in [5, 5.41) is 9.25. The van der Waals surface area contributed by atoms with E-state index in [1.54, 1.807) is 0 Å². The predicted octanol–water partition coefficient (Wildman–Crippen LogP) is -1.67. The number of fused-ring (bicyclic) bond motifs is 1. The largest absolute Gasteiger partial charge is 0.327 e. The fraction of sp³-hybridized carbons (Fsp3) is 0. The lowest BCUT2D eigenvalue weighted by molar-refractivity contribution is 0.953. The number of aromatic amines is 3. The summed E-state index contributed by atoms with van der Waals surface area (Å²) in [5.74, 6) is 0. The molecule has 0 fully saturated rings. The van der Waals surface area contributed by atoms with Crippen molar-refractivity contribution in [2.24, 2.45) is 0 Å². The molecule has 7 heteroatoms. The van der Waals surface area contributed by atoms with Crippen LogP contribution in [0.2, 0.25) is 0 Å². The predicted molar refractivity (Wildman–Crippen MR) is 35.1 cm³/mol. The van der Waals surface area contributed by atoms with Crippen molar-refractivity contribution >= 4 is 11.2 Å². The fourth-order valence-electron chi connectivity index (χ4n) is 0.777. The van der Waals surface area contributed by atoms with Gasteiger partial charge in [0.1, 0.15) is 0 Å². The average Bonchev–Trinajstić information content (AvgIpc) is 2.34. The number of hydrogen-bond donors (Lipinski definition) is 3. The van der Waals surface area contributed by atoms with E-state index in [-0.39, 0.29) is 11.2 Å². The first-order valence-corrected chi connectivity index (χ1v) is 2.80. The number of nitrogens with zero attached hydrogens (tertiary/aromatic N) is 2. The van der Waals surface area contributed by atoms with E-state index < -0.39 is 11.2 Å². The number of hydrogen-bond acceptors (Lipinski definition) is 4. The molecule has 0 bridgehead atoms. The molecule has 0 unspecified atom stereocenters. The van der Waals surface area contributed by atoms with Crippen molar-refractivity contribution in [3.05, 3.63) is 20.8 Å². The molecule has 7 nitrogen and oxygen atoms in total. The van der Waals surface area contributed by atoms with Gasteiger partial charge in [-0.05, 0) is 0 Å². The first kappa shape index (κ1) is 5.83. The van der Waals surface area contributed by atoms with Crippen LogP contribution in [0.4, 0.5) is 0 Å². The van der Waals surface area contributed by atoms with E-state index in [1.165, 1.54) is 0 Å². The third-order valence-electron chi connectivity index (χ3n) is 1.22. The van der Waals surface area contributed by atoms with Gasteiger partial charge in [0.15, 0.2) is 11.2 Å². The standard InChI is InChI=1S/C4H3N5O2/c10-3-1-2(8-9-7-1)5-4(11)6-3/h(H3,5,6,7,8,9,10,11). The lowest BCUT2D eigenvalue weighted by Crippen LogP contribution is -2.21. The maximum absolute atomic E-state index is 10.9. The summed E-state index contributed by atoms with van der Waals surface area (Å²) in [6, 6.07) is 0. The Morgan fingerprint density at radius 3 is 2.73 bits per heavy atom. The first-order chi connectivity index (χ1) is 5.27. The van der Waals surface area contributed by atoms with E-state index in [2.05, 4.69) is 20.4 Å². The summed E-state index contributed by atoms with van der Waals surface area (Å²) in [7, 11) is 0. The molecule has 0 aliphatic carbocycles. The van der Waals surface area contributed by atoms with Gasteiger partial charge in [0, 0.05) is 0 Å². The molecule has 0 aromatic carbocycles. The van der Waals surface area contributed by atoms with Gasteiger partial charge in [-0.1, -0.05) is 0 Å². The highest BCUT2D eigenvalue weighted by Crippen LogP contribution is 1.89. The van der Waals surface area contributed by atoms with Gasteiger partial charge in [-0.15, -0.1) is 10.2 Å². The smallest absolute Gasteiger partial charge is 0.288 e. The van der Waals surface area contributed by atoms with Crippen LogP contribution in [0.5, 0.6) is 0 Å². The Kier molecular flexibility index (Phi) is 0.945. The van der Waals surface area contributed by atoms with Gasteiger partial charge < -0.3 is 0 Å². The molecule has 2 aromatic heterocycles. The minimum atomic E-state index is -0.587. The monoisotopic (exact) mass is 153 g/mol. The molecule has 0 spiro atoms. The van der Waals surface area contributed by atoms with Crippen molar-refractivity contribution in [1.29, 1.82) is 0 Å². The van der Waals surface area contributed by atoms with Gasteiger partial charge in [-0.2, -0.15) is 5.21 Å². The summed E-state index contributed by atoms with van der Waals surface area (Å²) in [6.45, 7) is 0. The maximum Gasteiger partial charge on any atom is 0.327 e. The van der Waals surface area contributed by atoms with E-state index in [1.807, 2.05) is 4.98 Å². The lowest BCUT2D eigenvalue weighted by atomic mass is 10.5. The molecule has 2 heterocycles. The number of aromatic nitrogens is 5. The highest BCUT2D eigenvalue weighted by Gasteiger charge is 2.02. The second kappa shape index (κ2) is 1.78. The molecule has 0 amide bonds. The zero-order valence-electron chi connectivity index (χ0n) is 5.21. The SMILES string of the molecule is O=c1[nH]c(=O)c2n[nH]nc2[nH]1. The zero-order chi connectivity index (χ0) is 7.84. The summed E-state index contributed by atoms with van der Waals surface area (Å²) < 4.78 is 0. The van der Waals surface area contributed by atoms with Gasteiger partial charge >= 0.3 is 5.69 Å². The summed E-state index contributed by atoms with van der Waals surface area (Å²) in [5.41, 5.74) is -0.864. The third-order valence-corrected chi connectivity index (χ3v) is 1.22. The Labute approximate surface area is 58.5 Å². The Bertz CT molecular complexity index is 491. The zero-order valence-corrected chi connectivity index (χ0v) is 5.21. The molecular formula is C4H3N5O2. The molecule has 11 heavy (non-hydrogen) atoms. The third kappa shape index (κ3) is 0.741. The minimum Gasteiger partial charge on any atom is -0.288 e. The quantitative estimate of drug-likeness (QED) is 0.420. The van der Waals surface area contributed by atoms with E-state index >= 15 is 0 Å². The van der Waals surface area contributed by atoms with Crippen LogP contribution in [0.3, 0.4) is 0 Å².